The number of esters is 2. The van der Waals surface area contributed by atoms with Gasteiger partial charge < -0.3 is 16.2 Å². The van der Waals surface area contributed by atoms with Crippen LogP contribution in [-0.4, -0.2) is 54.1 Å². The predicted molar refractivity (Wildman–Crippen MR) is 119 cm³/mol. The average Bonchev–Trinajstić information content (AvgIpc) is 2.65. The van der Waals surface area contributed by atoms with Gasteiger partial charge >= 0.3 is 41.5 Å². The molecule has 0 saturated carbocycles. The maximum absolute atomic E-state index is 11.7. The number of hydrogen-bond donors (Lipinski definition) is 2. The van der Waals surface area contributed by atoms with Gasteiger partial charge in [0, 0.05) is 6.42 Å². The molecule has 5 nitrogen and oxygen atoms in total. The Balaban J connectivity index is 0. The normalized spacial score (nSPS) is 11.7. The van der Waals surface area contributed by atoms with Crippen molar-refractivity contribution in [1.29, 1.82) is 0 Å². The standard InChI is InChI=1S/C22H44N2O3.Na.H/c1-2-3-4-5-6-7-8-9-10-11-12-13-14-18-21(25)27-22(26)20(24)17-15-16-19-23;;/h20H,2-19,23-24H2,1H3;;. The van der Waals surface area contributed by atoms with E-state index in [-0.39, 0.29) is 29.6 Å². The first-order valence-electron chi connectivity index (χ1n) is 11.3. The van der Waals surface area contributed by atoms with Crippen molar-refractivity contribution in [3.8, 4) is 0 Å². The van der Waals surface area contributed by atoms with E-state index in [1.807, 2.05) is 0 Å². The number of carbonyl (C=O) groups excluding carboxylic acids is 2. The summed E-state index contributed by atoms with van der Waals surface area (Å²) in [6.07, 6.45) is 18.8. The third-order valence-corrected chi connectivity index (χ3v) is 4.97. The van der Waals surface area contributed by atoms with E-state index in [2.05, 4.69) is 6.92 Å². The Bertz CT molecular complexity index is 368. The number of ether oxygens (including phenoxy) is 1. The van der Waals surface area contributed by atoms with Crippen LogP contribution >= 0.6 is 0 Å². The van der Waals surface area contributed by atoms with Crippen LogP contribution in [0.1, 0.15) is 116 Å². The average molecular weight is 409 g/mol. The van der Waals surface area contributed by atoms with Crippen LogP contribution in [0.4, 0.5) is 0 Å². The van der Waals surface area contributed by atoms with Crippen LogP contribution in [0.2, 0.25) is 0 Å². The van der Waals surface area contributed by atoms with Crippen molar-refractivity contribution in [2.24, 2.45) is 11.5 Å². The number of rotatable bonds is 19. The molecule has 1 atom stereocenters. The zero-order chi connectivity index (χ0) is 20.2. The fraction of sp³-hybridized carbons (Fsp3) is 0.909. The number of hydrogen-bond acceptors (Lipinski definition) is 5. The van der Waals surface area contributed by atoms with Crippen molar-refractivity contribution in [3.05, 3.63) is 0 Å². The zero-order valence-electron chi connectivity index (χ0n) is 17.7. The molecule has 0 aromatic carbocycles. The Labute approximate surface area is 195 Å². The SMILES string of the molecule is CCCCCCCCCCCCCCCC(=O)OC(=O)C(N)CCCCN.[NaH]. The maximum atomic E-state index is 11.7. The van der Waals surface area contributed by atoms with E-state index in [0.717, 1.165) is 32.1 Å². The monoisotopic (exact) mass is 408 g/mol. The van der Waals surface area contributed by atoms with Gasteiger partial charge in [0.25, 0.3) is 0 Å². The van der Waals surface area contributed by atoms with Gasteiger partial charge in [-0.25, -0.2) is 4.79 Å². The molecule has 0 amide bonds. The first kappa shape index (κ1) is 30.3. The second-order valence-electron chi connectivity index (χ2n) is 7.68. The van der Waals surface area contributed by atoms with E-state index in [4.69, 9.17) is 16.2 Å². The van der Waals surface area contributed by atoms with Gasteiger partial charge in [0.1, 0.15) is 6.04 Å². The van der Waals surface area contributed by atoms with Crippen LogP contribution in [0.25, 0.3) is 0 Å². The van der Waals surface area contributed by atoms with Gasteiger partial charge in [-0.15, -0.1) is 0 Å². The molecule has 4 N–H and O–H groups in total. The van der Waals surface area contributed by atoms with Crippen molar-refractivity contribution >= 4 is 41.5 Å². The summed E-state index contributed by atoms with van der Waals surface area (Å²) in [5.74, 6) is -1.05. The topological polar surface area (TPSA) is 95.4 Å². The molecule has 0 radical (unpaired) electrons. The van der Waals surface area contributed by atoms with Gasteiger partial charge in [0.2, 0.25) is 0 Å². The van der Waals surface area contributed by atoms with Crippen molar-refractivity contribution < 1.29 is 14.3 Å². The first-order chi connectivity index (χ1) is 13.1. The van der Waals surface area contributed by atoms with E-state index >= 15 is 0 Å². The fourth-order valence-electron chi connectivity index (χ4n) is 3.15. The quantitative estimate of drug-likeness (QED) is 0.143. The molecule has 6 heteroatoms. The minimum absolute atomic E-state index is 0. The van der Waals surface area contributed by atoms with E-state index in [1.54, 1.807) is 0 Å². The molecule has 0 aliphatic carbocycles. The van der Waals surface area contributed by atoms with Crippen molar-refractivity contribution in [1.82, 2.24) is 0 Å². The summed E-state index contributed by atoms with van der Waals surface area (Å²) in [6, 6.07) is -0.716. The van der Waals surface area contributed by atoms with Crippen molar-refractivity contribution in [2.75, 3.05) is 6.54 Å². The fourth-order valence-corrected chi connectivity index (χ4v) is 3.15. The molecule has 0 aliphatic heterocycles. The van der Waals surface area contributed by atoms with Gasteiger partial charge in [-0.1, -0.05) is 90.4 Å². The molecule has 0 aromatic heterocycles. The predicted octanol–water partition coefficient (Wildman–Crippen LogP) is 4.35. The van der Waals surface area contributed by atoms with Crippen LogP contribution in [0.3, 0.4) is 0 Å². The van der Waals surface area contributed by atoms with Gasteiger partial charge in [0.15, 0.2) is 0 Å². The summed E-state index contributed by atoms with van der Waals surface area (Å²) >= 11 is 0. The van der Waals surface area contributed by atoms with Crippen LogP contribution in [-0.2, 0) is 14.3 Å². The van der Waals surface area contributed by atoms with E-state index in [0.29, 0.717) is 19.4 Å². The number of nitrogens with two attached hydrogens (primary N) is 2. The summed E-state index contributed by atoms with van der Waals surface area (Å²) in [6.45, 7) is 2.84. The molecule has 0 fully saturated rings. The molecule has 1 unspecified atom stereocenters. The molecule has 28 heavy (non-hydrogen) atoms. The molecular formula is C22H45N2NaO3. The van der Waals surface area contributed by atoms with Gasteiger partial charge in [0.05, 0.1) is 0 Å². The van der Waals surface area contributed by atoms with Crippen LogP contribution in [0.15, 0.2) is 0 Å². The second-order valence-corrected chi connectivity index (χ2v) is 7.68. The van der Waals surface area contributed by atoms with Gasteiger partial charge in [-0.05, 0) is 25.8 Å². The summed E-state index contributed by atoms with van der Waals surface area (Å²) in [5.41, 5.74) is 11.1. The summed E-state index contributed by atoms with van der Waals surface area (Å²) in [5, 5.41) is 0. The summed E-state index contributed by atoms with van der Waals surface area (Å²) in [7, 11) is 0. The molecule has 0 aromatic rings. The molecule has 0 saturated heterocycles. The Morgan fingerprint density at radius 3 is 1.68 bits per heavy atom. The Morgan fingerprint density at radius 2 is 1.21 bits per heavy atom. The molecule has 0 spiro atoms. The van der Waals surface area contributed by atoms with E-state index in [9.17, 15) is 9.59 Å². The molecular weight excluding hydrogens is 363 g/mol. The van der Waals surface area contributed by atoms with Crippen LogP contribution < -0.4 is 11.5 Å². The third kappa shape index (κ3) is 20.8. The van der Waals surface area contributed by atoms with E-state index < -0.39 is 18.0 Å². The Kier molecular flexibility index (Phi) is 25.2. The summed E-state index contributed by atoms with van der Waals surface area (Å²) < 4.78 is 4.82. The molecule has 0 bridgehead atoms. The van der Waals surface area contributed by atoms with Gasteiger partial charge in [-0.2, -0.15) is 0 Å². The second kappa shape index (κ2) is 23.3. The van der Waals surface area contributed by atoms with E-state index in [1.165, 1.54) is 64.2 Å². The molecule has 0 heterocycles. The first-order valence-corrected chi connectivity index (χ1v) is 11.3. The number of carbonyl (C=O) groups is 2. The molecule has 0 aliphatic rings. The Hall–Kier alpha value is 0.0600. The van der Waals surface area contributed by atoms with Crippen LogP contribution in [0, 0.1) is 0 Å². The summed E-state index contributed by atoms with van der Waals surface area (Å²) in [4.78, 5) is 23.4. The molecule has 162 valence electrons. The van der Waals surface area contributed by atoms with Crippen molar-refractivity contribution in [2.45, 2.75) is 122 Å². The minimum atomic E-state index is -0.716. The molecule has 0 rings (SSSR count). The number of unbranched alkanes of at least 4 members (excludes halogenated alkanes) is 13. The van der Waals surface area contributed by atoms with Crippen molar-refractivity contribution in [3.63, 3.8) is 0 Å². The third-order valence-electron chi connectivity index (χ3n) is 4.97. The Morgan fingerprint density at radius 1 is 0.750 bits per heavy atom. The van der Waals surface area contributed by atoms with Crippen LogP contribution in [0.5, 0.6) is 0 Å². The van der Waals surface area contributed by atoms with Gasteiger partial charge in [-0.3, -0.25) is 4.79 Å². The zero-order valence-corrected chi connectivity index (χ0v) is 17.7.